The number of hydrogen-bond donors (Lipinski definition) is 2. The predicted octanol–water partition coefficient (Wildman–Crippen LogP) is 6.24. The van der Waals surface area contributed by atoms with Crippen LogP contribution in [0.25, 0.3) is 11.1 Å². The van der Waals surface area contributed by atoms with Crippen molar-refractivity contribution in [1.82, 2.24) is 20.1 Å². The minimum atomic E-state index is -0.915. The van der Waals surface area contributed by atoms with Crippen molar-refractivity contribution >= 4 is 46.5 Å². The molecule has 2 heterocycles. The highest BCUT2D eigenvalue weighted by Crippen LogP contribution is 2.37. The van der Waals surface area contributed by atoms with Gasteiger partial charge in [-0.15, -0.1) is 0 Å². The van der Waals surface area contributed by atoms with Crippen molar-refractivity contribution in [3.8, 4) is 5.75 Å². The molecule has 1 fully saturated rings. The van der Waals surface area contributed by atoms with Crippen LogP contribution in [0, 0.1) is 0 Å². The zero-order valence-electron chi connectivity index (χ0n) is 28.8. The molecule has 0 aliphatic carbocycles. The van der Waals surface area contributed by atoms with E-state index in [0.717, 1.165) is 66.4 Å². The number of fused-ring (bicyclic) bond motifs is 1. The lowest BCUT2D eigenvalue weighted by Gasteiger charge is -2.34. The number of carbonyl (C=O) groups excluding carboxylic acids is 3. The summed E-state index contributed by atoms with van der Waals surface area (Å²) in [6.07, 6.45) is -0.692. The molecule has 0 spiro atoms. The molecule has 2 aromatic carbocycles. The van der Waals surface area contributed by atoms with Crippen molar-refractivity contribution in [2.45, 2.75) is 84.1 Å². The molecular weight excluding hydrogens is 618 g/mol. The Bertz CT molecular complexity index is 1480. The highest BCUT2D eigenvalue weighted by Gasteiger charge is 2.25. The number of amides is 2. The lowest BCUT2D eigenvalue weighted by molar-refractivity contribution is -0.136. The van der Waals surface area contributed by atoms with Crippen LogP contribution in [-0.4, -0.2) is 89.4 Å². The summed E-state index contributed by atoms with van der Waals surface area (Å²) in [5.74, 6) is 0.663. The predicted molar refractivity (Wildman–Crippen MR) is 185 cm³/mol. The number of hydrogen-bond acceptors (Lipinski definition) is 10. The Balaban J connectivity index is 1.30. The summed E-state index contributed by atoms with van der Waals surface area (Å²) in [7, 11) is 0. The molecule has 1 saturated heterocycles. The summed E-state index contributed by atoms with van der Waals surface area (Å²) < 4.78 is 16.8. The van der Waals surface area contributed by atoms with E-state index >= 15 is 0 Å². The van der Waals surface area contributed by atoms with Crippen LogP contribution in [0.3, 0.4) is 0 Å². The molecule has 1 aliphatic rings. The first-order valence-electron chi connectivity index (χ1n) is 16.3. The van der Waals surface area contributed by atoms with Crippen LogP contribution < -0.4 is 15.4 Å². The van der Waals surface area contributed by atoms with Crippen LogP contribution >= 0.6 is 11.8 Å². The number of nitrogens with one attached hydrogen (secondary N) is 2. The molecule has 1 aromatic heterocycles. The van der Waals surface area contributed by atoms with Crippen LogP contribution in [0.1, 0.15) is 78.4 Å². The number of oxazole rings is 1. The quantitative estimate of drug-likeness (QED) is 0.130. The van der Waals surface area contributed by atoms with Gasteiger partial charge in [0.05, 0.1) is 6.54 Å². The number of anilines is 1. The highest BCUT2D eigenvalue weighted by atomic mass is 32.2. The first kappa shape index (κ1) is 36.2. The van der Waals surface area contributed by atoms with E-state index in [2.05, 4.69) is 25.4 Å². The van der Waals surface area contributed by atoms with E-state index in [0.29, 0.717) is 17.5 Å². The van der Waals surface area contributed by atoms with Crippen molar-refractivity contribution in [2.75, 3.05) is 50.3 Å². The Morgan fingerprint density at radius 1 is 0.957 bits per heavy atom. The average molecular weight is 668 g/mol. The number of benzene rings is 2. The number of ether oxygens (including phenoxy) is 2. The third-order valence-corrected chi connectivity index (χ3v) is 8.53. The van der Waals surface area contributed by atoms with Crippen molar-refractivity contribution < 1.29 is 28.3 Å². The van der Waals surface area contributed by atoms with E-state index in [1.54, 1.807) is 51.6 Å². The highest BCUT2D eigenvalue weighted by molar-refractivity contribution is 7.99. The van der Waals surface area contributed by atoms with Crippen LogP contribution in [0.15, 0.2) is 46.0 Å². The third kappa shape index (κ3) is 10.7. The van der Waals surface area contributed by atoms with Gasteiger partial charge in [-0.1, -0.05) is 51.6 Å². The van der Waals surface area contributed by atoms with Gasteiger partial charge in [0.2, 0.25) is 5.91 Å². The molecule has 4 rings (SSSR count). The molecule has 47 heavy (non-hydrogen) atoms. The Kier molecular flexibility index (Phi) is 12.3. The van der Waals surface area contributed by atoms with Gasteiger partial charge >= 0.3 is 12.1 Å². The maximum Gasteiger partial charge on any atom is 0.408 e. The first-order chi connectivity index (χ1) is 22.2. The fraction of sp³-hybridized carbons (Fsp3) is 0.543. The zero-order chi connectivity index (χ0) is 34.3. The average Bonchev–Trinajstić information content (AvgIpc) is 3.40. The van der Waals surface area contributed by atoms with Gasteiger partial charge in [-0.25, -0.2) is 14.6 Å². The summed E-state index contributed by atoms with van der Waals surface area (Å²) in [5.41, 5.74) is 3.51. The summed E-state index contributed by atoms with van der Waals surface area (Å²) in [6.45, 7) is 19.6. The summed E-state index contributed by atoms with van der Waals surface area (Å²) in [4.78, 5) is 47.5. The number of esters is 1. The summed E-state index contributed by atoms with van der Waals surface area (Å²) in [6, 6.07) is 10.5. The number of rotatable bonds is 12. The Labute approximate surface area is 282 Å². The first-order valence-corrected chi connectivity index (χ1v) is 17.3. The largest absolute Gasteiger partial charge is 0.444 e. The Hall–Kier alpha value is -3.61. The normalized spacial score (nSPS) is 15.2. The van der Waals surface area contributed by atoms with Gasteiger partial charge in [-0.3, -0.25) is 14.6 Å². The van der Waals surface area contributed by atoms with Crippen LogP contribution in [0.2, 0.25) is 0 Å². The van der Waals surface area contributed by atoms with Gasteiger partial charge in [-0.2, -0.15) is 0 Å². The molecule has 1 aliphatic heterocycles. The second-order valence-corrected chi connectivity index (χ2v) is 14.6. The van der Waals surface area contributed by atoms with Gasteiger partial charge in [0.1, 0.15) is 22.9 Å². The molecular formula is C35H49N5O6S. The molecule has 11 nitrogen and oxygen atoms in total. The molecule has 1 atom stereocenters. The topological polar surface area (TPSA) is 126 Å². The Morgan fingerprint density at radius 3 is 2.17 bits per heavy atom. The zero-order valence-corrected chi connectivity index (χ0v) is 29.7. The minimum Gasteiger partial charge on any atom is -0.444 e. The molecule has 2 amide bonds. The number of carbonyl (C=O) groups is 3. The smallest absolute Gasteiger partial charge is 0.408 e. The number of thioether (sulfide) groups is 1. The fourth-order valence-corrected chi connectivity index (χ4v) is 6.08. The van der Waals surface area contributed by atoms with E-state index in [-0.39, 0.29) is 17.7 Å². The van der Waals surface area contributed by atoms with E-state index in [1.165, 1.54) is 0 Å². The summed E-state index contributed by atoms with van der Waals surface area (Å²) in [5, 5.41) is 6.40. The number of para-hydroxylation sites is 2. The molecule has 0 bridgehead atoms. The number of alkyl carbamates (subject to hydrolysis) is 1. The van der Waals surface area contributed by atoms with E-state index in [1.807, 2.05) is 52.0 Å². The molecule has 256 valence electrons. The molecule has 0 unspecified atom stereocenters. The van der Waals surface area contributed by atoms with Gasteiger partial charge in [0.25, 0.3) is 5.22 Å². The monoisotopic (exact) mass is 667 g/mol. The fourth-order valence-electron chi connectivity index (χ4n) is 5.25. The van der Waals surface area contributed by atoms with Crippen molar-refractivity contribution in [3.63, 3.8) is 0 Å². The number of aromatic nitrogens is 1. The molecule has 0 saturated carbocycles. The van der Waals surface area contributed by atoms with Gasteiger partial charge < -0.3 is 24.5 Å². The lowest BCUT2D eigenvalue weighted by Crippen LogP contribution is -2.49. The molecule has 3 aromatic rings. The van der Waals surface area contributed by atoms with E-state index in [4.69, 9.17) is 13.9 Å². The van der Waals surface area contributed by atoms with Crippen molar-refractivity contribution in [1.29, 1.82) is 0 Å². The standard InChI is InChI=1S/C35H49N5O6S/c1-22(2)26-19-25(44-32(42)24(5)36-33(43)46-35(6,7)8)20-27(23(3)4)31(26)38-30(41)21-40-15-13-39(14-16-40)17-18-47-34-37-28-11-9-10-12-29(28)45-34/h9-12,19-20,22-24H,13-18,21H2,1-8H3,(H,36,43)(H,38,41)/t24-/m0/s1. The maximum atomic E-state index is 13.3. The van der Waals surface area contributed by atoms with Crippen molar-refractivity contribution in [2.24, 2.45) is 0 Å². The van der Waals surface area contributed by atoms with Crippen LogP contribution in [0.4, 0.5) is 10.5 Å². The van der Waals surface area contributed by atoms with Crippen LogP contribution in [-0.2, 0) is 14.3 Å². The second kappa shape index (κ2) is 16.0. The second-order valence-electron chi connectivity index (χ2n) is 13.5. The number of nitrogens with zero attached hydrogens (tertiary/aromatic N) is 3. The van der Waals surface area contributed by atoms with Gasteiger partial charge in [0.15, 0.2) is 5.58 Å². The number of piperazine rings is 1. The lowest BCUT2D eigenvalue weighted by atomic mass is 9.92. The third-order valence-electron chi connectivity index (χ3n) is 7.73. The summed E-state index contributed by atoms with van der Waals surface area (Å²) >= 11 is 1.62. The Morgan fingerprint density at radius 2 is 1.57 bits per heavy atom. The van der Waals surface area contributed by atoms with Gasteiger partial charge in [-0.05, 0) is 74.9 Å². The molecule has 12 heteroatoms. The molecule has 2 N–H and O–H groups in total. The van der Waals surface area contributed by atoms with Crippen LogP contribution in [0.5, 0.6) is 5.75 Å². The van der Waals surface area contributed by atoms with Crippen molar-refractivity contribution in [3.05, 3.63) is 47.5 Å². The van der Waals surface area contributed by atoms with Gasteiger partial charge in [0, 0.05) is 44.2 Å². The molecule has 0 radical (unpaired) electrons. The van der Waals surface area contributed by atoms with E-state index in [9.17, 15) is 14.4 Å². The maximum absolute atomic E-state index is 13.3. The minimum absolute atomic E-state index is 0.0509. The SMILES string of the molecule is CC(C)c1cc(OC(=O)[C@H](C)NC(=O)OC(C)(C)C)cc(C(C)C)c1NC(=O)CN1CCN(CCSc2nc3ccccc3o2)CC1. The van der Waals surface area contributed by atoms with E-state index < -0.39 is 23.7 Å².